The van der Waals surface area contributed by atoms with Crippen LogP contribution in [0.4, 0.5) is 11.4 Å². The summed E-state index contributed by atoms with van der Waals surface area (Å²) >= 11 is 0. The zero-order valence-electron chi connectivity index (χ0n) is 10.9. The normalized spacial score (nSPS) is 22.3. The molecule has 2 atom stereocenters. The second-order valence-electron chi connectivity index (χ2n) is 4.86. The molecule has 1 aliphatic heterocycles. The minimum atomic E-state index is -0.576. The summed E-state index contributed by atoms with van der Waals surface area (Å²) in [6.45, 7) is 0.00407. The summed E-state index contributed by atoms with van der Waals surface area (Å²) in [5, 5.41) is 13.7. The Labute approximate surface area is 119 Å². The fourth-order valence-corrected chi connectivity index (χ4v) is 2.33. The van der Waals surface area contributed by atoms with Gasteiger partial charge in [0.1, 0.15) is 5.69 Å². The number of benzene rings is 1. The van der Waals surface area contributed by atoms with E-state index >= 15 is 0 Å². The van der Waals surface area contributed by atoms with Gasteiger partial charge < -0.3 is 20.5 Å². The standard InChI is InChI=1S/C13H13N3O5/c14-8-2-1-7(3-8)13(17)15-9-4-11-12(21-6-20-11)5-10(9)16(18)19/h1-2,4-5,7-8H,3,6,14H2,(H,15,17). The summed E-state index contributed by atoms with van der Waals surface area (Å²) in [6, 6.07) is 2.48. The number of hydrogen-bond donors (Lipinski definition) is 2. The molecule has 2 aliphatic rings. The summed E-state index contributed by atoms with van der Waals surface area (Å²) in [4.78, 5) is 22.6. The van der Waals surface area contributed by atoms with Crippen LogP contribution in [0.15, 0.2) is 24.3 Å². The number of hydrogen-bond acceptors (Lipinski definition) is 6. The third-order valence-electron chi connectivity index (χ3n) is 3.40. The van der Waals surface area contributed by atoms with Crippen LogP contribution in [-0.2, 0) is 4.79 Å². The maximum atomic E-state index is 12.1. The van der Waals surface area contributed by atoms with Crippen LogP contribution >= 0.6 is 0 Å². The van der Waals surface area contributed by atoms with Crippen molar-refractivity contribution >= 4 is 17.3 Å². The van der Waals surface area contributed by atoms with Crippen molar-refractivity contribution in [2.45, 2.75) is 12.5 Å². The van der Waals surface area contributed by atoms with Crippen molar-refractivity contribution in [2.24, 2.45) is 11.7 Å². The number of nitrogens with two attached hydrogens (primary N) is 1. The zero-order valence-corrected chi connectivity index (χ0v) is 10.9. The Bertz CT molecular complexity index is 643. The largest absolute Gasteiger partial charge is 0.454 e. The number of nitro benzene ring substituents is 1. The molecular weight excluding hydrogens is 278 g/mol. The Morgan fingerprint density at radius 2 is 2.05 bits per heavy atom. The molecule has 1 aliphatic carbocycles. The van der Waals surface area contributed by atoms with E-state index in [4.69, 9.17) is 15.2 Å². The molecule has 0 fully saturated rings. The minimum Gasteiger partial charge on any atom is -0.454 e. The van der Waals surface area contributed by atoms with Crippen LogP contribution in [0.3, 0.4) is 0 Å². The van der Waals surface area contributed by atoms with Gasteiger partial charge in [0, 0.05) is 12.1 Å². The van der Waals surface area contributed by atoms with E-state index in [1.165, 1.54) is 12.1 Å². The highest BCUT2D eigenvalue weighted by atomic mass is 16.7. The molecule has 0 radical (unpaired) electrons. The van der Waals surface area contributed by atoms with Crippen molar-refractivity contribution in [3.63, 3.8) is 0 Å². The van der Waals surface area contributed by atoms with Gasteiger partial charge in [-0.3, -0.25) is 14.9 Å². The van der Waals surface area contributed by atoms with Gasteiger partial charge in [0.2, 0.25) is 12.7 Å². The molecule has 8 nitrogen and oxygen atoms in total. The molecular formula is C13H13N3O5. The smallest absolute Gasteiger partial charge is 0.296 e. The predicted octanol–water partition coefficient (Wildman–Crippen LogP) is 1.17. The lowest BCUT2D eigenvalue weighted by molar-refractivity contribution is -0.384. The van der Waals surface area contributed by atoms with E-state index < -0.39 is 4.92 Å². The first kappa shape index (κ1) is 13.4. The van der Waals surface area contributed by atoms with Gasteiger partial charge in [-0.25, -0.2) is 0 Å². The maximum absolute atomic E-state index is 12.1. The van der Waals surface area contributed by atoms with E-state index in [-0.39, 0.29) is 36.0 Å². The zero-order chi connectivity index (χ0) is 15.0. The molecule has 21 heavy (non-hydrogen) atoms. The average Bonchev–Trinajstić information content (AvgIpc) is 3.05. The Kier molecular flexibility index (Phi) is 3.22. The lowest BCUT2D eigenvalue weighted by Gasteiger charge is -2.11. The van der Waals surface area contributed by atoms with Crippen molar-refractivity contribution in [3.8, 4) is 11.5 Å². The first-order valence-electron chi connectivity index (χ1n) is 6.37. The quantitative estimate of drug-likeness (QED) is 0.490. The highest BCUT2D eigenvalue weighted by molar-refractivity contribution is 5.96. The molecule has 0 aromatic heterocycles. The SMILES string of the molecule is NC1C=CC(C(=O)Nc2cc3c(cc2[N+](=O)[O-])OCO3)C1. The van der Waals surface area contributed by atoms with Crippen LogP contribution in [0.1, 0.15) is 6.42 Å². The van der Waals surface area contributed by atoms with Crippen LogP contribution in [0.2, 0.25) is 0 Å². The fraction of sp³-hybridized carbons (Fsp3) is 0.308. The van der Waals surface area contributed by atoms with Gasteiger partial charge >= 0.3 is 0 Å². The number of fused-ring (bicyclic) bond motifs is 1. The molecule has 0 saturated carbocycles. The molecule has 3 rings (SSSR count). The molecule has 0 bridgehead atoms. The number of nitro groups is 1. The van der Waals surface area contributed by atoms with Crippen LogP contribution in [0, 0.1) is 16.0 Å². The van der Waals surface area contributed by atoms with Gasteiger partial charge in [0.25, 0.3) is 5.69 Å². The molecule has 3 N–H and O–H groups in total. The topological polar surface area (TPSA) is 117 Å². The van der Waals surface area contributed by atoms with Crippen molar-refractivity contribution in [3.05, 3.63) is 34.4 Å². The molecule has 8 heteroatoms. The number of ether oxygens (including phenoxy) is 2. The van der Waals surface area contributed by atoms with Gasteiger partial charge in [-0.15, -0.1) is 0 Å². The molecule has 1 heterocycles. The van der Waals surface area contributed by atoms with Gasteiger partial charge in [-0.1, -0.05) is 12.2 Å². The van der Waals surface area contributed by atoms with E-state index in [9.17, 15) is 14.9 Å². The number of rotatable bonds is 3. The van der Waals surface area contributed by atoms with Gasteiger partial charge in [-0.2, -0.15) is 0 Å². The number of nitrogens with zero attached hydrogens (tertiary/aromatic N) is 1. The summed E-state index contributed by atoms with van der Waals surface area (Å²) in [6.07, 6.45) is 3.95. The molecule has 0 spiro atoms. The molecule has 2 unspecified atom stereocenters. The third-order valence-corrected chi connectivity index (χ3v) is 3.40. The molecule has 110 valence electrons. The van der Waals surface area contributed by atoms with Crippen LogP contribution in [-0.4, -0.2) is 23.7 Å². The minimum absolute atomic E-state index is 0.00407. The number of nitrogens with one attached hydrogen (secondary N) is 1. The number of amides is 1. The van der Waals surface area contributed by atoms with Gasteiger partial charge in [-0.05, 0) is 6.42 Å². The molecule has 1 aromatic carbocycles. The predicted molar refractivity (Wildman–Crippen MR) is 73.1 cm³/mol. The van der Waals surface area contributed by atoms with Crippen LogP contribution < -0.4 is 20.5 Å². The maximum Gasteiger partial charge on any atom is 0.296 e. The van der Waals surface area contributed by atoms with Crippen LogP contribution in [0.25, 0.3) is 0 Å². The fourth-order valence-electron chi connectivity index (χ4n) is 2.33. The second-order valence-corrected chi connectivity index (χ2v) is 4.86. The Morgan fingerprint density at radius 3 is 2.67 bits per heavy atom. The highest BCUT2D eigenvalue weighted by Gasteiger charge is 2.28. The van der Waals surface area contributed by atoms with E-state index in [2.05, 4.69) is 5.32 Å². The van der Waals surface area contributed by atoms with E-state index in [1.54, 1.807) is 12.2 Å². The second kappa shape index (κ2) is 5.06. The lowest BCUT2D eigenvalue weighted by Crippen LogP contribution is -2.24. The van der Waals surface area contributed by atoms with Crippen molar-refractivity contribution in [1.29, 1.82) is 0 Å². The summed E-state index contributed by atoms with van der Waals surface area (Å²) in [7, 11) is 0. The van der Waals surface area contributed by atoms with Crippen LogP contribution in [0.5, 0.6) is 11.5 Å². The number of carbonyl (C=O) groups is 1. The van der Waals surface area contributed by atoms with Crippen molar-refractivity contribution in [2.75, 3.05) is 12.1 Å². The first-order chi connectivity index (χ1) is 10.0. The van der Waals surface area contributed by atoms with E-state index in [0.29, 0.717) is 17.9 Å². The Hall–Kier alpha value is -2.61. The van der Waals surface area contributed by atoms with Gasteiger partial charge in [0.05, 0.1) is 16.9 Å². The summed E-state index contributed by atoms with van der Waals surface area (Å²) < 4.78 is 10.3. The third kappa shape index (κ3) is 2.52. The summed E-state index contributed by atoms with van der Waals surface area (Å²) in [5.41, 5.74) is 5.55. The van der Waals surface area contributed by atoms with E-state index in [1.807, 2.05) is 0 Å². The summed E-state index contributed by atoms with van der Waals surface area (Å²) in [5.74, 6) is -0.0526. The first-order valence-corrected chi connectivity index (χ1v) is 6.37. The van der Waals surface area contributed by atoms with E-state index in [0.717, 1.165) is 0 Å². The number of carbonyl (C=O) groups excluding carboxylic acids is 1. The molecule has 1 amide bonds. The Balaban J connectivity index is 1.86. The highest BCUT2D eigenvalue weighted by Crippen LogP contribution is 2.40. The Morgan fingerprint density at radius 1 is 1.33 bits per heavy atom. The monoisotopic (exact) mass is 291 g/mol. The lowest BCUT2D eigenvalue weighted by atomic mass is 10.1. The average molecular weight is 291 g/mol. The van der Waals surface area contributed by atoms with Crippen molar-refractivity contribution < 1.29 is 19.2 Å². The number of anilines is 1. The van der Waals surface area contributed by atoms with Crippen molar-refractivity contribution in [1.82, 2.24) is 0 Å². The molecule has 1 aromatic rings. The molecule has 0 saturated heterocycles. The van der Waals surface area contributed by atoms with Gasteiger partial charge in [0.15, 0.2) is 11.5 Å².